The molecule has 2 nitrogen and oxygen atoms in total. The van der Waals surface area contributed by atoms with Gasteiger partial charge in [-0.15, -0.1) is 11.3 Å². The molecule has 0 fully saturated rings. The van der Waals surface area contributed by atoms with E-state index >= 15 is 0 Å². The number of hydrogen-bond acceptors (Lipinski definition) is 3. The lowest BCUT2D eigenvalue weighted by Gasteiger charge is -1.90. The molecule has 0 saturated heterocycles. The molecular weight excluding hydrogens is 216 g/mol. The molecule has 1 aromatic rings. The Morgan fingerprint density at radius 2 is 2.50 bits per heavy atom. The molecule has 0 aliphatic carbocycles. The standard InChI is InChI=1S/C6H5BrO2S/c7-6-2-1-5(10-6)3-9-4-8/h1-2,4H,3H2. The van der Waals surface area contributed by atoms with E-state index < -0.39 is 0 Å². The molecule has 10 heavy (non-hydrogen) atoms. The summed E-state index contributed by atoms with van der Waals surface area (Å²) in [6.07, 6.45) is 0. The molecule has 1 aromatic heterocycles. The zero-order valence-electron chi connectivity index (χ0n) is 5.04. The summed E-state index contributed by atoms with van der Waals surface area (Å²) in [4.78, 5) is 10.8. The van der Waals surface area contributed by atoms with Crippen molar-refractivity contribution in [3.8, 4) is 0 Å². The first kappa shape index (κ1) is 7.75. The van der Waals surface area contributed by atoms with E-state index in [1.54, 1.807) is 11.3 Å². The average molecular weight is 221 g/mol. The van der Waals surface area contributed by atoms with Crippen LogP contribution in [-0.4, -0.2) is 6.47 Å². The Hall–Kier alpha value is -0.350. The van der Waals surface area contributed by atoms with Crippen molar-refractivity contribution in [3.05, 3.63) is 20.8 Å². The second kappa shape index (κ2) is 3.73. The van der Waals surface area contributed by atoms with E-state index in [-0.39, 0.29) is 0 Å². The molecule has 0 saturated carbocycles. The van der Waals surface area contributed by atoms with Gasteiger partial charge in [-0.25, -0.2) is 0 Å². The van der Waals surface area contributed by atoms with Crippen LogP contribution in [0.4, 0.5) is 0 Å². The van der Waals surface area contributed by atoms with Crippen molar-refractivity contribution in [2.45, 2.75) is 6.61 Å². The van der Waals surface area contributed by atoms with Gasteiger partial charge in [0.05, 0.1) is 3.79 Å². The highest BCUT2D eigenvalue weighted by atomic mass is 79.9. The van der Waals surface area contributed by atoms with Crippen molar-refractivity contribution >= 4 is 33.7 Å². The Morgan fingerprint density at radius 1 is 1.70 bits per heavy atom. The minimum absolute atomic E-state index is 0.375. The van der Waals surface area contributed by atoms with E-state index in [1.165, 1.54) is 0 Å². The number of carbonyl (C=O) groups excluding carboxylic acids is 1. The van der Waals surface area contributed by atoms with Gasteiger partial charge in [0.1, 0.15) is 6.61 Å². The van der Waals surface area contributed by atoms with Crippen LogP contribution in [0.2, 0.25) is 0 Å². The molecule has 4 heteroatoms. The van der Waals surface area contributed by atoms with Gasteiger partial charge in [-0.05, 0) is 28.1 Å². The van der Waals surface area contributed by atoms with E-state index in [2.05, 4.69) is 20.7 Å². The van der Waals surface area contributed by atoms with E-state index in [0.717, 1.165) is 8.66 Å². The number of hydrogen-bond donors (Lipinski definition) is 0. The number of thiophene rings is 1. The zero-order chi connectivity index (χ0) is 7.40. The fourth-order valence-electron chi connectivity index (χ4n) is 0.545. The number of halogens is 1. The molecule has 0 aliphatic rings. The van der Waals surface area contributed by atoms with Crippen LogP contribution in [0.15, 0.2) is 15.9 Å². The predicted molar refractivity (Wildman–Crippen MR) is 42.9 cm³/mol. The molecule has 0 radical (unpaired) electrons. The fourth-order valence-corrected chi connectivity index (χ4v) is 1.95. The number of rotatable bonds is 3. The van der Waals surface area contributed by atoms with Gasteiger partial charge in [0.25, 0.3) is 6.47 Å². The molecular formula is C6H5BrO2S. The van der Waals surface area contributed by atoms with Crippen molar-refractivity contribution in [1.29, 1.82) is 0 Å². The van der Waals surface area contributed by atoms with Crippen LogP contribution >= 0.6 is 27.3 Å². The maximum absolute atomic E-state index is 9.76. The summed E-state index contributed by atoms with van der Waals surface area (Å²) in [5.74, 6) is 0. The second-order valence-electron chi connectivity index (χ2n) is 1.61. The molecule has 54 valence electrons. The van der Waals surface area contributed by atoms with Crippen molar-refractivity contribution in [2.24, 2.45) is 0 Å². The van der Waals surface area contributed by atoms with E-state index in [1.807, 2.05) is 12.1 Å². The molecule has 0 atom stereocenters. The summed E-state index contributed by atoms with van der Waals surface area (Å²) in [6.45, 7) is 0.827. The van der Waals surface area contributed by atoms with Crippen LogP contribution in [0.25, 0.3) is 0 Å². The highest BCUT2D eigenvalue weighted by Gasteiger charge is 1.95. The zero-order valence-corrected chi connectivity index (χ0v) is 7.44. The van der Waals surface area contributed by atoms with E-state index in [9.17, 15) is 4.79 Å². The maximum Gasteiger partial charge on any atom is 0.293 e. The minimum atomic E-state index is 0.375. The molecule has 0 amide bonds. The molecule has 0 unspecified atom stereocenters. The normalized spacial score (nSPS) is 9.30. The third-order valence-electron chi connectivity index (χ3n) is 0.922. The van der Waals surface area contributed by atoms with Crippen LogP contribution in [0, 0.1) is 0 Å². The van der Waals surface area contributed by atoms with Crippen LogP contribution in [0.5, 0.6) is 0 Å². The van der Waals surface area contributed by atoms with Gasteiger partial charge < -0.3 is 4.74 Å². The van der Waals surface area contributed by atoms with Gasteiger partial charge in [-0.1, -0.05) is 0 Å². The fraction of sp³-hybridized carbons (Fsp3) is 0.167. The SMILES string of the molecule is O=COCc1ccc(Br)s1. The maximum atomic E-state index is 9.76. The first-order valence-corrected chi connectivity index (χ1v) is 4.23. The Labute approximate surface area is 70.9 Å². The second-order valence-corrected chi connectivity index (χ2v) is 4.16. The Balaban J connectivity index is 2.49. The lowest BCUT2D eigenvalue weighted by Crippen LogP contribution is -1.84. The molecule has 1 heterocycles. The first-order valence-electron chi connectivity index (χ1n) is 2.62. The summed E-state index contributed by atoms with van der Waals surface area (Å²) < 4.78 is 5.59. The minimum Gasteiger partial charge on any atom is -0.462 e. The largest absolute Gasteiger partial charge is 0.462 e. The lowest BCUT2D eigenvalue weighted by molar-refractivity contribution is -0.129. The van der Waals surface area contributed by atoms with Crippen LogP contribution in [0.1, 0.15) is 4.88 Å². The Kier molecular flexibility index (Phi) is 2.89. The van der Waals surface area contributed by atoms with Crippen molar-refractivity contribution < 1.29 is 9.53 Å². The van der Waals surface area contributed by atoms with Crippen molar-refractivity contribution in [3.63, 3.8) is 0 Å². The molecule has 0 spiro atoms. The van der Waals surface area contributed by atoms with Crippen molar-refractivity contribution in [2.75, 3.05) is 0 Å². The molecule has 0 aromatic carbocycles. The van der Waals surface area contributed by atoms with Gasteiger partial charge >= 0.3 is 0 Å². The van der Waals surface area contributed by atoms with Crippen molar-refractivity contribution in [1.82, 2.24) is 0 Å². The third-order valence-corrected chi connectivity index (χ3v) is 2.52. The first-order chi connectivity index (χ1) is 4.83. The van der Waals surface area contributed by atoms with E-state index in [0.29, 0.717) is 13.1 Å². The Morgan fingerprint density at radius 3 is 3.00 bits per heavy atom. The summed E-state index contributed by atoms with van der Waals surface area (Å²) in [7, 11) is 0. The van der Waals surface area contributed by atoms with E-state index in [4.69, 9.17) is 0 Å². The smallest absolute Gasteiger partial charge is 0.293 e. The summed E-state index contributed by atoms with van der Waals surface area (Å²) >= 11 is 4.86. The highest BCUT2D eigenvalue weighted by Crippen LogP contribution is 2.22. The third kappa shape index (κ3) is 2.11. The highest BCUT2D eigenvalue weighted by molar-refractivity contribution is 9.11. The van der Waals surface area contributed by atoms with Gasteiger partial charge in [0.2, 0.25) is 0 Å². The molecule has 0 aliphatic heterocycles. The monoisotopic (exact) mass is 220 g/mol. The van der Waals surface area contributed by atoms with Crippen LogP contribution < -0.4 is 0 Å². The average Bonchev–Trinajstić information content (AvgIpc) is 2.31. The van der Waals surface area contributed by atoms with Crippen LogP contribution in [-0.2, 0) is 16.1 Å². The number of ether oxygens (including phenoxy) is 1. The van der Waals surface area contributed by atoms with Gasteiger partial charge in [-0.3, -0.25) is 4.79 Å². The summed E-state index contributed by atoms with van der Waals surface area (Å²) in [5.41, 5.74) is 0. The van der Waals surface area contributed by atoms with Crippen LogP contribution in [0.3, 0.4) is 0 Å². The topological polar surface area (TPSA) is 26.3 Å². The number of carbonyl (C=O) groups is 1. The molecule has 0 N–H and O–H groups in total. The van der Waals surface area contributed by atoms with Gasteiger partial charge in [0, 0.05) is 4.88 Å². The molecule has 0 bridgehead atoms. The summed E-state index contributed by atoms with van der Waals surface area (Å²) in [6, 6.07) is 3.84. The summed E-state index contributed by atoms with van der Waals surface area (Å²) in [5, 5.41) is 0. The Bertz CT molecular complexity index is 221. The predicted octanol–water partition coefficient (Wildman–Crippen LogP) is 2.18. The van der Waals surface area contributed by atoms with Gasteiger partial charge in [-0.2, -0.15) is 0 Å². The lowest BCUT2D eigenvalue weighted by atomic mass is 10.5. The van der Waals surface area contributed by atoms with Gasteiger partial charge in [0.15, 0.2) is 0 Å². The molecule has 1 rings (SSSR count). The quantitative estimate of drug-likeness (QED) is 0.731.